The Morgan fingerprint density at radius 2 is 2.15 bits per heavy atom. The number of rotatable bonds is 3. The minimum atomic E-state index is -0.927. The Bertz CT molecular complexity index is 267. The van der Waals surface area contributed by atoms with E-state index in [0.29, 0.717) is 16.0 Å². The van der Waals surface area contributed by atoms with Crippen LogP contribution in [0.3, 0.4) is 0 Å². The molecule has 0 aromatic carbocycles. The van der Waals surface area contributed by atoms with E-state index < -0.39 is 12.2 Å². The van der Waals surface area contributed by atoms with Gasteiger partial charge in [-0.05, 0) is 6.07 Å². The van der Waals surface area contributed by atoms with Crippen molar-refractivity contribution in [3.05, 3.63) is 29.0 Å². The van der Waals surface area contributed by atoms with Crippen LogP contribution in [0.1, 0.15) is 11.7 Å². The molecular formula is C8H9BrClNO2. The third kappa shape index (κ3) is 2.91. The van der Waals surface area contributed by atoms with Crippen molar-refractivity contribution in [3.63, 3.8) is 0 Å². The Kier molecular flexibility index (Phi) is 4.12. The van der Waals surface area contributed by atoms with E-state index in [4.69, 9.17) is 11.6 Å². The van der Waals surface area contributed by atoms with Crippen molar-refractivity contribution < 1.29 is 10.2 Å². The summed E-state index contributed by atoms with van der Waals surface area (Å²) in [5, 5.41) is 19.5. The molecule has 1 aromatic heterocycles. The van der Waals surface area contributed by atoms with E-state index in [1.165, 1.54) is 6.20 Å². The smallest absolute Gasteiger partial charge is 0.129 e. The first-order chi connectivity index (χ1) is 6.15. The molecule has 72 valence electrons. The monoisotopic (exact) mass is 265 g/mol. The van der Waals surface area contributed by atoms with Gasteiger partial charge in [0.2, 0.25) is 0 Å². The van der Waals surface area contributed by atoms with E-state index in [9.17, 15) is 10.2 Å². The molecule has 0 amide bonds. The molecule has 2 unspecified atom stereocenters. The minimum absolute atomic E-state index is 0.316. The molecule has 2 N–H and O–H groups in total. The minimum Gasteiger partial charge on any atom is -0.389 e. The Labute approximate surface area is 89.5 Å². The SMILES string of the molecule is OC(CBr)C(O)c1ccc(Cl)nc1. The fourth-order valence-electron chi connectivity index (χ4n) is 0.869. The summed E-state index contributed by atoms with van der Waals surface area (Å²) in [7, 11) is 0. The molecule has 0 fully saturated rings. The van der Waals surface area contributed by atoms with Crippen LogP contribution in [0.4, 0.5) is 0 Å². The first-order valence-electron chi connectivity index (χ1n) is 3.68. The lowest BCUT2D eigenvalue weighted by atomic mass is 10.1. The molecule has 0 aliphatic heterocycles. The van der Waals surface area contributed by atoms with Gasteiger partial charge in [-0.2, -0.15) is 0 Å². The second-order valence-corrected chi connectivity index (χ2v) is 3.62. The molecule has 1 heterocycles. The Hall–Kier alpha value is -0.160. The van der Waals surface area contributed by atoms with E-state index in [1.807, 2.05) is 0 Å². The summed E-state index contributed by atoms with van der Waals surface area (Å²) in [6, 6.07) is 3.20. The van der Waals surface area contributed by atoms with Crippen molar-refractivity contribution in [3.8, 4) is 0 Å². The highest BCUT2D eigenvalue weighted by molar-refractivity contribution is 9.09. The van der Waals surface area contributed by atoms with Gasteiger partial charge in [0, 0.05) is 17.1 Å². The first-order valence-corrected chi connectivity index (χ1v) is 5.18. The maximum Gasteiger partial charge on any atom is 0.129 e. The quantitative estimate of drug-likeness (QED) is 0.644. The van der Waals surface area contributed by atoms with Gasteiger partial charge in [-0.15, -0.1) is 0 Å². The Balaban J connectivity index is 2.77. The van der Waals surface area contributed by atoms with Crippen molar-refractivity contribution in [1.82, 2.24) is 4.98 Å². The average Bonchev–Trinajstić information content (AvgIpc) is 2.17. The summed E-state index contributed by atoms with van der Waals surface area (Å²) in [6.45, 7) is 0. The van der Waals surface area contributed by atoms with Crippen LogP contribution in [0.5, 0.6) is 0 Å². The number of hydrogen-bond acceptors (Lipinski definition) is 3. The summed E-state index contributed by atoms with van der Waals surface area (Å²) in [4.78, 5) is 3.80. The van der Waals surface area contributed by atoms with Crippen LogP contribution in [0.2, 0.25) is 5.15 Å². The topological polar surface area (TPSA) is 53.4 Å². The second kappa shape index (κ2) is 4.91. The molecule has 0 saturated heterocycles. The van der Waals surface area contributed by atoms with Crippen LogP contribution in [0, 0.1) is 0 Å². The predicted octanol–water partition coefficient (Wildman–Crippen LogP) is 1.52. The van der Waals surface area contributed by atoms with Gasteiger partial charge in [0.05, 0.1) is 6.10 Å². The molecule has 0 saturated carbocycles. The van der Waals surface area contributed by atoms with Crippen LogP contribution in [0.15, 0.2) is 18.3 Å². The standard InChI is InChI=1S/C8H9BrClNO2/c9-3-6(12)8(13)5-1-2-7(10)11-4-5/h1-2,4,6,8,12-13H,3H2. The summed E-state index contributed by atoms with van der Waals surface area (Å²) in [5.41, 5.74) is 0.552. The molecule has 0 aliphatic carbocycles. The number of aliphatic hydroxyl groups is 2. The lowest BCUT2D eigenvalue weighted by molar-refractivity contribution is 0.0340. The molecule has 3 nitrogen and oxygen atoms in total. The van der Waals surface area contributed by atoms with E-state index in [0.717, 1.165) is 0 Å². The summed E-state index contributed by atoms with van der Waals surface area (Å²) in [6.07, 6.45) is -0.314. The first kappa shape index (κ1) is 10.9. The van der Waals surface area contributed by atoms with E-state index in [1.54, 1.807) is 12.1 Å². The number of pyridine rings is 1. The third-order valence-electron chi connectivity index (χ3n) is 1.61. The molecule has 0 bridgehead atoms. The number of aromatic nitrogens is 1. The number of aliphatic hydroxyl groups excluding tert-OH is 2. The lowest BCUT2D eigenvalue weighted by Crippen LogP contribution is -2.19. The van der Waals surface area contributed by atoms with Crippen LogP contribution in [-0.4, -0.2) is 26.6 Å². The van der Waals surface area contributed by atoms with Gasteiger partial charge in [0.1, 0.15) is 11.3 Å². The Morgan fingerprint density at radius 1 is 1.46 bits per heavy atom. The summed E-state index contributed by atoms with van der Waals surface area (Å²) < 4.78 is 0. The molecule has 1 rings (SSSR count). The van der Waals surface area contributed by atoms with Gasteiger partial charge in [-0.3, -0.25) is 0 Å². The molecule has 5 heteroatoms. The third-order valence-corrected chi connectivity index (χ3v) is 2.50. The average molecular weight is 267 g/mol. The zero-order valence-corrected chi connectivity index (χ0v) is 9.03. The van der Waals surface area contributed by atoms with Crippen LogP contribution < -0.4 is 0 Å². The highest BCUT2D eigenvalue weighted by Gasteiger charge is 2.16. The molecule has 13 heavy (non-hydrogen) atoms. The van der Waals surface area contributed by atoms with Crippen LogP contribution >= 0.6 is 27.5 Å². The number of hydrogen-bond donors (Lipinski definition) is 2. The normalized spacial score (nSPS) is 15.4. The highest BCUT2D eigenvalue weighted by Crippen LogP contribution is 2.18. The van der Waals surface area contributed by atoms with Crippen LogP contribution in [0.25, 0.3) is 0 Å². The van der Waals surface area contributed by atoms with Gasteiger partial charge in [0.25, 0.3) is 0 Å². The molecule has 0 spiro atoms. The van der Waals surface area contributed by atoms with Crippen LogP contribution in [-0.2, 0) is 0 Å². The van der Waals surface area contributed by atoms with Crippen molar-refractivity contribution in [2.75, 3.05) is 5.33 Å². The number of alkyl halides is 1. The molecule has 0 radical (unpaired) electrons. The Morgan fingerprint density at radius 3 is 2.62 bits per heavy atom. The zero-order valence-electron chi connectivity index (χ0n) is 6.69. The van der Waals surface area contributed by atoms with Crippen molar-refractivity contribution >= 4 is 27.5 Å². The van der Waals surface area contributed by atoms with E-state index in [2.05, 4.69) is 20.9 Å². The summed E-state index contributed by atoms with van der Waals surface area (Å²) in [5.74, 6) is 0. The maximum atomic E-state index is 9.52. The van der Waals surface area contributed by atoms with Gasteiger partial charge < -0.3 is 10.2 Å². The van der Waals surface area contributed by atoms with Crippen molar-refractivity contribution in [2.45, 2.75) is 12.2 Å². The van der Waals surface area contributed by atoms with E-state index >= 15 is 0 Å². The highest BCUT2D eigenvalue weighted by atomic mass is 79.9. The number of nitrogens with zero attached hydrogens (tertiary/aromatic N) is 1. The molecule has 1 aromatic rings. The zero-order chi connectivity index (χ0) is 9.84. The van der Waals surface area contributed by atoms with E-state index in [-0.39, 0.29) is 0 Å². The lowest BCUT2D eigenvalue weighted by Gasteiger charge is -2.14. The summed E-state index contributed by atoms with van der Waals surface area (Å²) >= 11 is 8.64. The molecular weight excluding hydrogens is 257 g/mol. The van der Waals surface area contributed by atoms with Crippen molar-refractivity contribution in [1.29, 1.82) is 0 Å². The maximum absolute atomic E-state index is 9.52. The molecule has 2 atom stereocenters. The van der Waals surface area contributed by atoms with Gasteiger partial charge >= 0.3 is 0 Å². The van der Waals surface area contributed by atoms with Gasteiger partial charge in [-0.25, -0.2) is 4.98 Å². The second-order valence-electron chi connectivity index (χ2n) is 2.58. The largest absolute Gasteiger partial charge is 0.389 e. The van der Waals surface area contributed by atoms with Gasteiger partial charge in [-0.1, -0.05) is 33.6 Å². The fourth-order valence-corrected chi connectivity index (χ4v) is 1.33. The predicted molar refractivity (Wildman–Crippen MR) is 54.0 cm³/mol. The number of halogens is 2. The van der Waals surface area contributed by atoms with Crippen molar-refractivity contribution in [2.24, 2.45) is 0 Å². The molecule has 0 aliphatic rings. The van der Waals surface area contributed by atoms with Gasteiger partial charge in [0.15, 0.2) is 0 Å². The fraction of sp³-hybridized carbons (Fsp3) is 0.375.